The molecule has 2 rings (SSSR count). The monoisotopic (exact) mass is 543 g/mol. The zero-order chi connectivity index (χ0) is 29.7. The van der Waals surface area contributed by atoms with Gasteiger partial charge in [0.1, 0.15) is 11.6 Å². The summed E-state index contributed by atoms with van der Waals surface area (Å²) >= 11 is 0. The number of hydrogen-bond donors (Lipinski definition) is 2. The second kappa shape index (κ2) is 12.8. The molecule has 0 radical (unpaired) electrons. The van der Waals surface area contributed by atoms with Crippen molar-refractivity contribution in [3.05, 3.63) is 46.2 Å². The van der Waals surface area contributed by atoms with Gasteiger partial charge in [-0.1, -0.05) is 52.8 Å². The molecule has 9 heteroatoms. The maximum absolute atomic E-state index is 13.7. The summed E-state index contributed by atoms with van der Waals surface area (Å²) in [5.74, 6) is -2.47. The fourth-order valence-electron chi connectivity index (χ4n) is 4.43. The summed E-state index contributed by atoms with van der Waals surface area (Å²) in [4.78, 5) is 52.9. The molecule has 3 atom stereocenters. The molecule has 0 saturated heterocycles. The van der Waals surface area contributed by atoms with E-state index in [1.165, 1.54) is 11.6 Å². The van der Waals surface area contributed by atoms with Crippen LogP contribution in [0.15, 0.2) is 35.1 Å². The highest BCUT2D eigenvalue weighted by Crippen LogP contribution is 2.26. The van der Waals surface area contributed by atoms with Crippen LogP contribution in [0.5, 0.6) is 0 Å². The molecular formula is C30H45N3O6. The van der Waals surface area contributed by atoms with Crippen molar-refractivity contribution in [1.82, 2.24) is 15.2 Å². The van der Waals surface area contributed by atoms with Crippen LogP contribution in [0.2, 0.25) is 0 Å². The van der Waals surface area contributed by atoms with Crippen molar-refractivity contribution in [2.75, 3.05) is 7.05 Å². The zero-order valence-electron chi connectivity index (χ0n) is 25.0. The highest BCUT2D eigenvalue weighted by atomic mass is 16.6. The zero-order valence-corrected chi connectivity index (χ0v) is 25.0. The highest BCUT2D eigenvalue weighted by Gasteiger charge is 2.41. The maximum Gasteiger partial charge on any atom is 0.336 e. The Morgan fingerprint density at radius 2 is 1.62 bits per heavy atom. The number of pyridine rings is 1. The summed E-state index contributed by atoms with van der Waals surface area (Å²) in [6, 6.07) is 8.38. The van der Waals surface area contributed by atoms with Crippen molar-refractivity contribution in [2.24, 2.45) is 24.3 Å². The lowest BCUT2D eigenvalue weighted by atomic mass is 9.84. The van der Waals surface area contributed by atoms with Gasteiger partial charge in [0, 0.05) is 19.7 Å². The quantitative estimate of drug-likeness (QED) is 0.442. The molecule has 2 aromatic rings. The lowest BCUT2D eigenvalue weighted by Gasteiger charge is -2.34. The number of hydrogen-bond acceptors (Lipinski definition) is 6. The minimum absolute atomic E-state index is 0.0240. The molecule has 0 aliphatic rings. The van der Waals surface area contributed by atoms with Gasteiger partial charge in [0.15, 0.2) is 6.10 Å². The van der Waals surface area contributed by atoms with Crippen LogP contribution in [0.4, 0.5) is 0 Å². The minimum Gasteiger partial charge on any atom is -0.458 e. The van der Waals surface area contributed by atoms with E-state index in [2.05, 4.69) is 10.6 Å². The lowest BCUT2D eigenvalue weighted by molar-refractivity contribution is -0.176. The van der Waals surface area contributed by atoms with Gasteiger partial charge in [-0.05, 0) is 56.0 Å². The van der Waals surface area contributed by atoms with Crippen molar-refractivity contribution >= 4 is 28.7 Å². The van der Waals surface area contributed by atoms with E-state index < -0.39 is 41.0 Å². The van der Waals surface area contributed by atoms with E-state index in [0.29, 0.717) is 12.0 Å². The van der Waals surface area contributed by atoms with E-state index in [4.69, 9.17) is 9.47 Å². The van der Waals surface area contributed by atoms with Gasteiger partial charge in [0.05, 0.1) is 18.0 Å². The molecule has 0 unspecified atom stereocenters. The number of nitrogens with one attached hydrogen (secondary N) is 2. The molecule has 216 valence electrons. The van der Waals surface area contributed by atoms with Gasteiger partial charge in [-0.25, -0.2) is 4.79 Å². The molecule has 0 fully saturated rings. The van der Waals surface area contributed by atoms with E-state index in [1.807, 2.05) is 58.9 Å². The Labute approximate surface area is 231 Å². The molecule has 9 nitrogen and oxygen atoms in total. The van der Waals surface area contributed by atoms with Gasteiger partial charge in [0.2, 0.25) is 11.8 Å². The number of amides is 2. The number of carbonyl (C=O) groups is 3. The third-order valence-corrected chi connectivity index (χ3v) is 6.35. The van der Waals surface area contributed by atoms with Gasteiger partial charge in [-0.3, -0.25) is 14.4 Å². The summed E-state index contributed by atoms with van der Waals surface area (Å²) in [5.41, 5.74) is -0.542. The number of carbonyl (C=O) groups excluding carboxylic acids is 3. The number of rotatable bonds is 10. The molecule has 0 saturated carbocycles. The summed E-state index contributed by atoms with van der Waals surface area (Å²) in [7, 11) is 3.19. The van der Waals surface area contributed by atoms with Gasteiger partial charge in [-0.2, -0.15) is 0 Å². The third-order valence-electron chi connectivity index (χ3n) is 6.35. The average Bonchev–Trinajstić information content (AvgIpc) is 2.82. The molecule has 0 spiro atoms. The van der Waals surface area contributed by atoms with Crippen molar-refractivity contribution < 1.29 is 23.9 Å². The Morgan fingerprint density at radius 3 is 2.15 bits per heavy atom. The SMILES string of the molecule is CNC(=O)[C@@H](NC(=O)[C@H](CC(C)C)[C@H](OCc1cc2ccccc2n(C)c1=O)C(=O)OC(C)(C)C)C(C)(C)C. The molecule has 1 aromatic heterocycles. The van der Waals surface area contributed by atoms with E-state index >= 15 is 0 Å². The smallest absolute Gasteiger partial charge is 0.336 e. The van der Waals surface area contributed by atoms with Crippen LogP contribution in [0.25, 0.3) is 10.9 Å². The Hall–Kier alpha value is -3.20. The number of ether oxygens (including phenoxy) is 2. The Bertz CT molecular complexity index is 1240. The Morgan fingerprint density at radius 1 is 1.00 bits per heavy atom. The molecule has 1 heterocycles. The van der Waals surface area contributed by atoms with E-state index in [0.717, 1.165) is 10.9 Å². The molecule has 2 amide bonds. The topological polar surface area (TPSA) is 116 Å². The van der Waals surface area contributed by atoms with Gasteiger partial charge in [0.25, 0.3) is 5.56 Å². The first-order valence-corrected chi connectivity index (χ1v) is 13.4. The van der Waals surface area contributed by atoms with E-state index in [1.54, 1.807) is 33.9 Å². The molecular weight excluding hydrogens is 498 g/mol. The number of benzene rings is 1. The molecule has 39 heavy (non-hydrogen) atoms. The molecule has 0 aliphatic heterocycles. The van der Waals surface area contributed by atoms with Crippen LogP contribution in [-0.4, -0.2) is 47.1 Å². The fourth-order valence-corrected chi connectivity index (χ4v) is 4.43. The second-order valence-electron chi connectivity index (χ2n) is 12.5. The third kappa shape index (κ3) is 8.65. The predicted octanol–water partition coefficient (Wildman–Crippen LogP) is 3.70. The van der Waals surface area contributed by atoms with Crippen molar-refractivity contribution in [3.8, 4) is 0 Å². The normalized spacial score (nSPS) is 14.5. The van der Waals surface area contributed by atoms with Gasteiger partial charge in [-0.15, -0.1) is 0 Å². The lowest BCUT2D eigenvalue weighted by Crippen LogP contribution is -2.56. The van der Waals surface area contributed by atoms with Crippen molar-refractivity contribution in [3.63, 3.8) is 0 Å². The number of fused-ring (bicyclic) bond motifs is 1. The van der Waals surface area contributed by atoms with Crippen LogP contribution in [-0.2, 0) is 37.5 Å². The van der Waals surface area contributed by atoms with Crippen LogP contribution in [0, 0.1) is 17.3 Å². The van der Waals surface area contributed by atoms with Gasteiger partial charge < -0.3 is 24.7 Å². The maximum atomic E-state index is 13.7. The number of aromatic nitrogens is 1. The molecule has 0 aliphatic carbocycles. The first kappa shape index (κ1) is 32.0. The minimum atomic E-state index is -1.30. The highest BCUT2D eigenvalue weighted by molar-refractivity contribution is 5.91. The largest absolute Gasteiger partial charge is 0.458 e. The van der Waals surface area contributed by atoms with Crippen LogP contribution < -0.4 is 16.2 Å². The molecule has 1 aromatic carbocycles. The average molecular weight is 544 g/mol. The number of likely N-dealkylation sites (N-methyl/N-ethyl adjacent to an activating group) is 1. The Balaban J connectivity index is 2.50. The van der Waals surface area contributed by atoms with Crippen LogP contribution in [0.1, 0.15) is 67.4 Å². The van der Waals surface area contributed by atoms with Crippen LogP contribution >= 0.6 is 0 Å². The first-order chi connectivity index (χ1) is 18.0. The molecule has 0 bridgehead atoms. The van der Waals surface area contributed by atoms with Gasteiger partial charge >= 0.3 is 5.97 Å². The number of aryl methyl sites for hydroxylation is 1. The number of nitrogens with zero attached hydrogens (tertiary/aromatic N) is 1. The summed E-state index contributed by atoms with van der Waals surface area (Å²) < 4.78 is 13.3. The number of para-hydroxylation sites is 1. The fraction of sp³-hybridized carbons (Fsp3) is 0.600. The second-order valence-corrected chi connectivity index (χ2v) is 12.5. The summed E-state index contributed by atoms with van der Waals surface area (Å²) in [5, 5.41) is 6.30. The summed E-state index contributed by atoms with van der Waals surface area (Å²) in [6.07, 6.45) is -0.996. The Kier molecular flexibility index (Phi) is 10.5. The van der Waals surface area contributed by atoms with Crippen molar-refractivity contribution in [1.29, 1.82) is 0 Å². The van der Waals surface area contributed by atoms with Crippen molar-refractivity contribution in [2.45, 2.75) is 86.2 Å². The molecule has 2 N–H and O–H groups in total. The standard InChI is InChI=1S/C30H45N3O6/c1-18(2)15-21(25(34)32-24(26(35)31-9)29(3,4)5)23(28(37)39-30(6,7)8)38-17-20-16-19-13-11-12-14-22(19)33(10)27(20)36/h11-14,16,18,21,23-24H,15,17H2,1-10H3,(H,31,35)(H,32,34)/t21-,23+,24-/m1/s1. The predicted molar refractivity (Wildman–Crippen MR) is 152 cm³/mol. The first-order valence-electron chi connectivity index (χ1n) is 13.4. The van der Waals surface area contributed by atoms with Crippen LogP contribution in [0.3, 0.4) is 0 Å². The summed E-state index contributed by atoms with van der Waals surface area (Å²) in [6.45, 7) is 14.4. The van der Waals surface area contributed by atoms with E-state index in [-0.39, 0.29) is 24.0 Å². The van der Waals surface area contributed by atoms with E-state index in [9.17, 15) is 19.2 Å². The number of esters is 1.